The number of aromatic nitrogens is 4. The van der Waals surface area contributed by atoms with E-state index in [0.29, 0.717) is 37.0 Å². The molecule has 0 saturated carbocycles. The molecule has 1 aliphatic heterocycles. The van der Waals surface area contributed by atoms with Crippen LogP contribution in [0.4, 0.5) is 13.2 Å². The number of aryl methyl sites for hydroxylation is 2. The van der Waals surface area contributed by atoms with Gasteiger partial charge in [0.05, 0.1) is 6.54 Å². The first-order chi connectivity index (χ1) is 13.9. The summed E-state index contributed by atoms with van der Waals surface area (Å²) in [6.45, 7) is 4.35. The Hall–Kier alpha value is -2.37. The number of nitrogens with one attached hydrogen (secondary N) is 2. The van der Waals surface area contributed by atoms with Gasteiger partial charge in [-0.15, -0.1) is 11.3 Å². The fraction of sp³-hybridized carbons (Fsp3) is 0.647. The molecule has 3 heterocycles. The van der Waals surface area contributed by atoms with Crippen LogP contribution in [-0.4, -0.2) is 38.4 Å². The molecule has 3 rings (SSSR count). The molecule has 12 heteroatoms. The Balaban J connectivity index is 1.50. The third-order valence-electron chi connectivity index (χ3n) is 4.43. The second kappa shape index (κ2) is 9.42. The molecule has 0 saturated heterocycles. The van der Waals surface area contributed by atoms with Crippen molar-refractivity contribution < 1.29 is 13.2 Å². The predicted molar refractivity (Wildman–Crippen MR) is 104 cm³/mol. The van der Waals surface area contributed by atoms with Crippen molar-refractivity contribution >= 4 is 17.3 Å². The lowest BCUT2D eigenvalue weighted by atomic mass is 10.2. The highest BCUT2D eigenvalue weighted by atomic mass is 32.1. The summed E-state index contributed by atoms with van der Waals surface area (Å²) in [6.07, 6.45) is -0.872. The zero-order chi connectivity index (χ0) is 20.9. The standard InChI is InChI=1S/C17H24F3N7OS/c1-2-21-15(23-10-14-24-12(11-29-14)17(18,19)20)22-7-5-9-27-16(28)26-8-4-3-6-13(26)25-27/h11H,2-10H2,1H3,(H2,21,22,23). The van der Waals surface area contributed by atoms with Crippen LogP contribution < -0.4 is 16.3 Å². The molecule has 0 spiro atoms. The van der Waals surface area contributed by atoms with E-state index in [4.69, 9.17) is 0 Å². The zero-order valence-corrected chi connectivity index (χ0v) is 16.9. The summed E-state index contributed by atoms with van der Waals surface area (Å²) in [5, 5.41) is 11.9. The van der Waals surface area contributed by atoms with E-state index in [9.17, 15) is 18.0 Å². The van der Waals surface area contributed by atoms with Crippen LogP contribution in [0.5, 0.6) is 0 Å². The maximum absolute atomic E-state index is 12.6. The van der Waals surface area contributed by atoms with E-state index in [2.05, 4.69) is 25.7 Å². The Bertz CT molecular complexity index is 900. The van der Waals surface area contributed by atoms with Gasteiger partial charge in [0.1, 0.15) is 10.8 Å². The van der Waals surface area contributed by atoms with Gasteiger partial charge < -0.3 is 10.6 Å². The lowest BCUT2D eigenvalue weighted by Crippen LogP contribution is -2.38. The van der Waals surface area contributed by atoms with E-state index in [1.165, 1.54) is 4.68 Å². The smallest absolute Gasteiger partial charge is 0.357 e. The number of alkyl halides is 3. The minimum absolute atomic E-state index is 0.0588. The van der Waals surface area contributed by atoms with E-state index in [-0.39, 0.29) is 12.2 Å². The molecule has 2 aromatic heterocycles. The van der Waals surface area contributed by atoms with Gasteiger partial charge in [0.25, 0.3) is 0 Å². The molecule has 0 fully saturated rings. The van der Waals surface area contributed by atoms with Gasteiger partial charge in [-0.25, -0.2) is 19.5 Å². The molecule has 160 valence electrons. The first kappa shape index (κ1) is 21.3. The second-order valence-electron chi connectivity index (χ2n) is 6.63. The number of rotatable bonds is 7. The summed E-state index contributed by atoms with van der Waals surface area (Å²) in [5.41, 5.74) is -0.955. The average molecular weight is 431 g/mol. The van der Waals surface area contributed by atoms with Crippen molar-refractivity contribution in [2.24, 2.45) is 4.99 Å². The fourth-order valence-electron chi connectivity index (χ4n) is 3.03. The van der Waals surface area contributed by atoms with E-state index >= 15 is 0 Å². The Morgan fingerprint density at radius 1 is 1.34 bits per heavy atom. The van der Waals surface area contributed by atoms with E-state index in [0.717, 1.165) is 48.3 Å². The molecular weight excluding hydrogens is 407 g/mol. The molecular formula is C17H24F3N7OS. The van der Waals surface area contributed by atoms with Crippen molar-refractivity contribution in [1.29, 1.82) is 0 Å². The minimum atomic E-state index is -4.44. The predicted octanol–water partition coefficient (Wildman–Crippen LogP) is 2.00. The Labute approximate surface area is 169 Å². The maximum atomic E-state index is 12.6. The van der Waals surface area contributed by atoms with Gasteiger partial charge >= 0.3 is 11.9 Å². The molecule has 2 N–H and O–H groups in total. The van der Waals surface area contributed by atoms with Crippen molar-refractivity contribution in [3.8, 4) is 0 Å². The summed E-state index contributed by atoms with van der Waals surface area (Å²) < 4.78 is 41.1. The molecule has 29 heavy (non-hydrogen) atoms. The summed E-state index contributed by atoms with van der Waals surface area (Å²) in [6, 6.07) is 0. The Morgan fingerprint density at radius 2 is 2.17 bits per heavy atom. The van der Waals surface area contributed by atoms with Gasteiger partial charge in [-0.2, -0.15) is 18.3 Å². The topological polar surface area (TPSA) is 89.1 Å². The zero-order valence-electron chi connectivity index (χ0n) is 16.1. The Kier molecular flexibility index (Phi) is 6.93. The van der Waals surface area contributed by atoms with Gasteiger partial charge in [-0.05, 0) is 26.2 Å². The summed E-state index contributed by atoms with van der Waals surface area (Å²) in [5.74, 6) is 1.35. The van der Waals surface area contributed by atoms with Gasteiger partial charge in [-0.1, -0.05) is 0 Å². The van der Waals surface area contributed by atoms with Gasteiger partial charge in [0.15, 0.2) is 11.7 Å². The van der Waals surface area contributed by atoms with Gasteiger partial charge in [0.2, 0.25) is 0 Å². The molecule has 0 radical (unpaired) electrons. The lowest BCUT2D eigenvalue weighted by Gasteiger charge is -2.10. The number of thiazole rings is 1. The van der Waals surface area contributed by atoms with Crippen LogP contribution in [0.3, 0.4) is 0 Å². The highest BCUT2D eigenvalue weighted by Crippen LogP contribution is 2.30. The third-order valence-corrected chi connectivity index (χ3v) is 5.26. The van der Waals surface area contributed by atoms with Crippen LogP contribution in [-0.2, 0) is 32.2 Å². The molecule has 1 aliphatic rings. The Morgan fingerprint density at radius 3 is 2.86 bits per heavy atom. The third kappa shape index (κ3) is 5.58. The molecule has 8 nitrogen and oxygen atoms in total. The number of halogens is 3. The normalized spacial score (nSPS) is 14.7. The second-order valence-corrected chi connectivity index (χ2v) is 7.57. The van der Waals surface area contributed by atoms with Crippen molar-refractivity contribution in [2.45, 2.75) is 58.4 Å². The first-order valence-corrected chi connectivity index (χ1v) is 10.5. The molecule has 0 atom stereocenters. The monoisotopic (exact) mass is 431 g/mol. The molecule has 0 unspecified atom stereocenters. The van der Waals surface area contributed by atoms with Crippen LogP contribution in [0, 0.1) is 0 Å². The summed E-state index contributed by atoms with van der Waals surface area (Å²) in [7, 11) is 0. The highest BCUT2D eigenvalue weighted by Gasteiger charge is 2.33. The lowest BCUT2D eigenvalue weighted by molar-refractivity contribution is -0.140. The van der Waals surface area contributed by atoms with Crippen LogP contribution in [0.1, 0.15) is 42.7 Å². The van der Waals surface area contributed by atoms with Crippen molar-refractivity contribution in [1.82, 2.24) is 30.0 Å². The number of hydrogen-bond acceptors (Lipinski definition) is 5. The van der Waals surface area contributed by atoms with Crippen LogP contribution in [0.2, 0.25) is 0 Å². The molecule has 0 aliphatic carbocycles. The van der Waals surface area contributed by atoms with E-state index in [1.54, 1.807) is 4.57 Å². The van der Waals surface area contributed by atoms with E-state index in [1.807, 2.05) is 6.92 Å². The largest absolute Gasteiger partial charge is 0.434 e. The highest BCUT2D eigenvalue weighted by molar-refractivity contribution is 7.09. The number of hydrogen-bond donors (Lipinski definition) is 2. The van der Waals surface area contributed by atoms with Gasteiger partial charge in [-0.3, -0.25) is 4.57 Å². The SMILES string of the molecule is CCNC(=NCc1nc(C(F)(F)F)cs1)NCCCn1nc2n(c1=O)CCCC2. The summed E-state index contributed by atoms with van der Waals surface area (Å²) >= 11 is 0.934. The van der Waals surface area contributed by atoms with Crippen molar-refractivity contribution in [3.63, 3.8) is 0 Å². The van der Waals surface area contributed by atoms with Crippen LogP contribution >= 0.6 is 11.3 Å². The van der Waals surface area contributed by atoms with Crippen LogP contribution in [0.25, 0.3) is 0 Å². The van der Waals surface area contributed by atoms with Crippen molar-refractivity contribution in [2.75, 3.05) is 13.1 Å². The number of fused-ring (bicyclic) bond motifs is 1. The molecule has 0 aromatic carbocycles. The number of guanidine groups is 1. The average Bonchev–Trinajstić information content (AvgIpc) is 3.28. The number of nitrogens with zero attached hydrogens (tertiary/aromatic N) is 5. The number of aliphatic imine (C=N–C) groups is 1. The van der Waals surface area contributed by atoms with Gasteiger partial charge in [0, 0.05) is 38.0 Å². The molecule has 2 aromatic rings. The maximum Gasteiger partial charge on any atom is 0.434 e. The van der Waals surface area contributed by atoms with Crippen molar-refractivity contribution in [3.05, 3.63) is 32.4 Å². The van der Waals surface area contributed by atoms with E-state index < -0.39 is 11.9 Å². The quantitative estimate of drug-likeness (QED) is 0.398. The fourth-order valence-corrected chi connectivity index (χ4v) is 3.76. The minimum Gasteiger partial charge on any atom is -0.357 e. The first-order valence-electron chi connectivity index (χ1n) is 9.58. The summed E-state index contributed by atoms with van der Waals surface area (Å²) in [4.78, 5) is 20.2. The molecule has 0 bridgehead atoms. The molecule has 0 amide bonds. The van der Waals surface area contributed by atoms with Crippen LogP contribution in [0.15, 0.2) is 15.2 Å².